The van der Waals surface area contributed by atoms with E-state index in [9.17, 15) is 4.79 Å². The van der Waals surface area contributed by atoms with Crippen molar-refractivity contribution in [1.82, 2.24) is 19.7 Å². The average Bonchev–Trinajstić information content (AvgIpc) is 2.94. The smallest absolute Gasteiger partial charge is 0.239 e. The van der Waals surface area contributed by atoms with Crippen LogP contribution in [-0.4, -0.2) is 39.2 Å². The molecule has 0 radical (unpaired) electrons. The number of amides is 1. The lowest BCUT2D eigenvalue weighted by Gasteiger charge is -2.23. The van der Waals surface area contributed by atoms with Gasteiger partial charge in [0.1, 0.15) is 0 Å². The molecule has 0 fully saturated rings. The predicted octanol–water partition coefficient (Wildman–Crippen LogP) is 2.12. The van der Waals surface area contributed by atoms with Gasteiger partial charge in [-0.05, 0) is 27.8 Å². The first-order valence-electron chi connectivity index (χ1n) is 6.80. The second-order valence-electron chi connectivity index (χ2n) is 5.19. The largest absolute Gasteiger partial charge is 0.308 e. The highest BCUT2D eigenvalue weighted by atomic mass is 32.1. The normalized spacial score (nSPS) is 12.7. The lowest BCUT2D eigenvalue weighted by Crippen LogP contribution is -2.32. The first-order chi connectivity index (χ1) is 9.86. The highest BCUT2D eigenvalue weighted by Crippen LogP contribution is 2.25. The number of hydrogen-bond donors (Lipinski definition) is 1. The van der Waals surface area contributed by atoms with Crippen molar-refractivity contribution < 1.29 is 4.79 Å². The fourth-order valence-corrected chi connectivity index (χ4v) is 3.08. The maximum Gasteiger partial charge on any atom is 0.239 e. The molecule has 0 aliphatic rings. The van der Waals surface area contributed by atoms with Crippen LogP contribution in [0.15, 0.2) is 12.3 Å². The maximum absolute atomic E-state index is 12.0. The Morgan fingerprint density at radius 2 is 2.24 bits per heavy atom. The van der Waals surface area contributed by atoms with Crippen molar-refractivity contribution in [3.8, 4) is 0 Å². The van der Waals surface area contributed by atoms with Crippen LogP contribution in [0.2, 0.25) is 0 Å². The lowest BCUT2D eigenvalue weighted by atomic mass is 10.2. The topological polar surface area (TPSA) is 63.1 Å². The van der Waals surface area contributed by atoms with Crippen molar-refractivity contribution in [3.63, 3.8) is 0 Å². The molecule has 6 nitrogen and oxygen atoms in total. The molecule has 0 saturated heterocycles. The van der Waals surface area contributed by atoms with Crippen LogP contribution < -0.4 is 5.32 Å². The van der Waals surface area contributed by atoms with Gasteiger partial charge in [-0.2, -0.15) is 5.10 Å². The molecule has 2 rings (SSSR count). The van der Waals surface area contributed by atoms with E-state index in [-0.39, 0.29) is 11.9 Å². The number of aryl methyl sites for hydroxylation is 3. The maximum atomic E-state index is 12.0. The zero-order valence-corrected chi connectivity index (χ0v) is 13.9. The number of nitrogens with one attached hydrogen (secondary N) is 1. The van der Waals surface area contributed by atoms with Gasteiger partial charge >= 0.3 is 0 Å². The standard InChI is InChI=1S/C14H21N5OS/c1-9(14-10(2)21-11(3)15-14)18(4)8-13(20)16-12-6-7-19(5)17-12/h6-7,9H,8H2,1-5H3,(H,16,17,20). The number of hydrogen-bond acceptors (Lipinski definition) is 5. The van der Waals surface area contributed by atoms with Gasteiger partial charge in [0.25, 0.3) is 0 Å². The summed E-state index contributed by atoms with van der Waals surface area (Å²) in [6, 6.07) is 1.87. The third-order valence-electron chi connectivity index (χ3n) is 3.37. The first kappa shape index (κ1) is 15.7. The minimum Gasteiger partial charge on any atom is -0.308 e. The van der Waals surface area contributed by atoms with E-state index >= 15 is 0 Å². The molecule has 0 aromatic carbocycles. The Hall–Kier alpha value is -1.73. The van der Waals surface area contributed by atoms with Gasteiger partial charge in [0.2, 0.25) is 5.91 Å². The molecule has 0 aliphatic carbocycles. The van der Waals surface area contributed by atoms with Gasteiger partial charge in [-0.1, -0.05) is 0 Å². The van der Waals surface area contributed by atoms with Crippen molar-refractivity contribution in [2.75, 3.05) is 18.9 Å². The molecule has 0 aliphatic heterocycles. The van der Waals surface area contributed by atoms with Crippen LogP contribution in [0.4, 0.5) is 5.82 Å². The number of rotatable bonds is 5. The van der Waals surface area contributed by atoms with Crippen LogP contribution in [0.25, 0.3) is 0 Å². The van der Waals surface area contributed by atoms with E-state index < -0.39 is 0 Å². The van der Waals surface area contributed by atoms with Crippen molar-refractivity contribution >= 4 is 23.1 Å². The van der Waals surface area contributed by atoms with E-state index in [0.29, 0.717) is 12.4 Å². The van der Waals surface area contributed by atoms with Crippen molar-refractivity contribution in [2.24, 2.45) is 7.05 Å². The minimum absolute atomic E-state index is 0.0762. The zero-order valence-electron chi connectivity index (χ0n) is 13.0. The Bertz CT molecular complexity index is 633. The van der Waals surface area contributed by atoms with Gasteiger partial charge in [-0.3, -0.25) is 14.4 Å². The second-order valence-corrected chi connectivity index (χ2v) is 6.60. The summed E-state index contributed by atoms with van der Waals surface area (Å²) in [5.41, 5.74) is 1.05. The predicted molar refractivity (Wildman–Crippen MR) is 84.5 cm³/mol. The quantitative estimate of drug-likeness (QED) is 0.919. The van der Waals surface area contributed by atoms with E-state index in [0.717, 1.165) is 10.7 Å². The fourth-order valence-electron chi connectivity index (χ4n) is 2.17. The van der Waals surface area contributed by atoms with Gasteiger partial charge < -0.3 is 5.32 Å². The monoisotopic (exact) mass is 307 g/mol. The molecule has 2 heterocycles. The third kappa shape index (κ3) is 3.89. The Morgan fingerprint density at radius 3 is 2.76 bits per heavy atom. The van der Waals surface area contributed by atoms with E-state index in [1.807, 2.05) is 25.9 Å². The van der Waals surface area contributed by atoms with E-state index in [1.54, 1.807) is 28.3 Å². The summed E-state index contributed by atoms with van der Waals surface area (Å²) in [6.07, 6.45) is 1.80. The Balaban J connectivity index is 1.95. The molecule has 1 N–H and O–H groups in total. The number of carbonyl (C=O) groups excluding carboxylic acids is 1. The number of anilines is 1. The molecule has 0 spiro atoms. The van der Waals surface area contributed by atoms with Gasteiger partial charge in [-0.25, -0.2) is 4.98 Å². The van der Waals surface area contributed by atoms with Crippen molar-refractivity contribution in [1.29, 1.82) is 0 Å². The molecule has 1 amide bonds. The summed E-state index contributed by atoms with van der Waals surface area (Å²) < 4.78 is 1.66. The molecule has 2 aromatic heterocycles. The molecule has 0 saturated carbocycles. The van der Waals surface area contributed by atoms with Gasteiger partial charge in [0, 0.05) is 24.2 Å². The van der Waals surface area contributed by atoms with Crippen LogP contribution in [0.1, 0.15) is 28.5 Å². The van der Waals surface area contributed by atoms with Crippen LogP contribution in [0.5, 0.6) is 0 Å². The van der Waals surface area contributed by atoms with Crippen molar-refractivity contribution in [3.05, 3.63) is 27.8 Å². The van der Waals surface area contributed by atoms with Crippen LogP contribution in [0, 0.1) is 13.8 Å². The van der Waals surface area contributed by atoms with E-state index in [2.05, 4.69) is 29.2 Å². The Morgan fingerprint density at radius 1 is 1.52 bits per heavy atom. The van der Waals surface area contributed by atoms with Gasteiger partial charge in [-0.15, -0.1) is 11.3 Å². The SMILES string of the molecule is Cc1nc(C(C)N(C)CC(=O)Nc2ccn(C)n2)c(C)s1. The molecule has 1 atom stereocenters. The third-order valence-corrected chi connectivity index (χ3v) is 4.27. The van der Waals surface area contributed by atoms with Crippen LogP contribution in [0.3, 0.4) is 0 Å². The van der Waals surface area contributed by atoms with E-state index in [1.165, 1.54) is 4.88 Å². The van der Waals surface area contributed by atoms with Crippen LogP contribution in [-0.2, 0) is 11.8 Å². The molecule has 1 unspecified atom stereocenters. The lowest BCUT2D eigenvalue weighted by molar-refractivity contribution is -0.117. The molecule has 21 heavy (non-hydrogen) atoms. The van der Waals surface area contributed by atoms with E-state index in [4.69, 9.17) is 0 Å². The summed E-state index contributed by atoms with van der Waals surface area (Å²) in [4.78, 5) is 19.8. The number of thiazole rings is 1. The number of aromatic nitrogens is 3. The summed E-state index contributed by atoms with van der Waals surface area (Å²) >= 11 is 1.69. The fraction of sp³-hybridized carbons (Fsp3) is 0.500. The summed E-state index contributed by atoms with van der Waals surface area (Å²) in [5, 5.41) is 7.98. The Kier molecular flexibility index (Phi) is 4.74. The highest BCUT2D eigenvalue weighted by molar-refractivity contribution is 7.11. The average molecular weight is 307 g/mol. The summed E-state index contributed by atoms with van der Waals surface area (Å²) in [7, 11) is 3.74. The molecule has 7 heteroatoms. The molecular formula is C14H21N5OS. The number of likely N-dealkylation sites (N-methyl/N-ethyl adjacent to an activating group) is 1. The first-order valence-corrected chi connectivity index (χ1v) is 7.62. The second kappa shape index (κ2) is 6.36. The molecule has 0 bridgehead atoms. The van der Waals surface area contributed by atoms with Crippen LogP contribution >= 0.6 is 11.3 Å². The Labute approximate surface area is 128 Å². The minimum atomic E-state index is -0.0762. The van der Waals surface area contributed by atoms with Gasteiger partial charge in [0.15, 0.2) is 5.82 Å². The van der Waals surface area contributed by atoms with Gasteiger partial charge in [0.05, 0.1) is 23.3 Å². The summed E-state index contributed by atoms with van der Waals surface area (Å²) in [6.45, 7) is 6.43. The van der Waals surface area contributed by atoms with Crippen molar-refractivity contribution in [2.45, 2.75) is 26.8 Å². The highest BCUT2D eigenvalue weighted by Gasteiger charge is 2.19. The molecule has 2 aromatic rings. The molecular weight excluding hydrogens is 286 g/mol. The zero-order chi connectivity index (χ0) is 15.6. The summed E-state index contributed by atoms with van der Waals surface area (Å²) in [5.74, 6) is 0.497. The molecule has 114 valence electrons. The number of nitrogens with zero attached hydrogens (tertiary/aromatic N) is 4. The number of carbonyl (C=O) groups is 1.